The molecule has 0 radical (unpaired) electrons. The third-order valence-corrected chi connectivity index (χ3v) is 12.7. The molecule has 0 aliphatic heterocycles. The highest BCUT2D eigenvalue weighted by Gasteiger charge is 2.46. The van der Waals surface area contributed by atoms with Crippen molar-refractivity contribution in [1.29, 1.82) is 0 Å². The molecule has 0 nitrogen and oxygen atoms in total. The van der Waals surface area contributed by atoms with E-state index < -0.39 is 8.07 Å². The van der Waals surface area contributed by atoms with Gasteiger partial charge in [-0.05, 0) is 53.0 Å². The summed E-state index contributed by atoms with van der Waals surface area (Å²) >= 11 is 0. The van der Waals surface area contributed by atoms with Gasteiger partial charge in [0.25, 0.3) is 0 Å². The Morgan fingerprint density at radius 2 is 1.56 bits per heavy atom. The van der Waals surface area contributed by atoms with Gasteiger partial charge < -0.3 is 0 Å². The van der Waals surface area contributed by atoms with E-state index in [1.807, 2.05) is 0 Å². The second-order valence-electron chi connectivity index (χ2n) is 11.8. The molecule has 168 valence electrons. The summed E-state index contributed by atoms with van der Waals surface area (Å²) in [6.07, 6.45) is 17.0. The Hall–Kier alpha value is -2.12. The monoisotopic (exact) mass is 440 g/mol. The van der Waals surface area contributed by atoms with Crippen molar-refractivity contribution < 1.29 is 0 Å². The second-order valence-corrected chi connectivity index (χ2v) is 16.6. The highest BCUT2D eigenvalue weighted by atomic mass is 28.3. The van der Waals surface area contributed by atoms with E-state index >= 15 is 0 Å². The minimum atomic E-state index is -1.72. The highest BCUT2D eigenvalue weighted by Crippen LogP contribution is 2.55. The van der Waals surface area contributed by atoms with Gasteiger partial charge in [-0.25, -0.2) is 0 Å². The van der Waals surface area contributed by atoms with E-state index in [1.54, 1.807) is 22.3 Å². The molecule has 0 bridgehead atoms. The first-order valence-corrected chi connectivity index (χ1v) is 15.4. The van der Waals surface area contributed by atoms with E-state index in [4.69, 9.17) is 0 Å². The minimum Gasteiger partial charge on any atom is -0.0765 e. The predicted octanol–water partition coefficient (Wildman–Crippen LogP) is 9.17. The zero-order chi connectivity index (χ0) is 23.3. The summed E-state index contributed by atoms with van der Waals surface area (Å²) < 4.78 is 0. The Balaban J connectivity index is 1.74. The van der Waals surface area contributed by atoms with Crippen LogP contribution in [0.4, 0.5) is 0 Å². The molecule has 4 rings (SSSR count). The van der Waals surface area contributed by atoms with Crippen LogP contribution in [-0.4, -0.2) is 8.07 Å². The molecule has 0 saturated heterocycles. The van der Waals surface area contributed by atoms with Crippen molar-refractivity contribution in [1.82, 2.24) is 0 Å². The van der Waals surface area contributed by atoms with Crippen LogP contribution < -0.4 is 0 Å². The Labute approximate surface area is 197 Å². The third-order valence-electron chi connectivity index (χ3n) is 8.26. The zero-order valence-corrected chi connectivity index (χ0v) is 22.2. The molecule has 0 spiro atoms. The summed E-state index contributed by atoms with van der Waals surface area (Å²) in [6, 6.07) is 11.0. The SMILES string of the molecule is CC1=CC(C(C)C(C)(C)C)=CC1[Si](C)(C)C1C(C)=CC2=C1C=CC=CC2c1ccccc1. The molecule has 0 amide bonds. The number of allylic oxidation sites excluding steroid dienone is 12. The lowest BCUT2D eigenvalue weighted by Crippen LogP contribution is -2.38. The maximum Gasteiger partial charge on any atom is 0.0714 e. The van der Waals surface area contributed by atoms with Gasteiger partial charge in [-0.1, -0.05) is 125 Å². The van der Waals surface area contributed by atoms with E-state index in [9.17, 15) is 0 Å². The third kappa shape index (κ3) is 4.01. The number of hydrogen-bond acceptors (Lipinski definition) is 0. The van der Waals surface area contributed by atoms with Gasteiger partial charge in [0, 0.05) is 11.5 Å². The summed E-state index contributed by atoms with van der Waals surface area (Å²) in [5.74, 6) is 0.921. The molecular formula is C31H40Si. The van der Waals surface area contributed by atoms with E-state index in [1.165, 1.54) is 11.1 Å². The van der Waals surface area contributed by atoms with Crippen LogP contribution in [0.25, 0.3) is 0 Å². The smallest absolute Gasteiger partial charge is 0.0714 e. The Bertz CT molecular complexity index is 1060. The van der Waals surface area contributed by atoms with E-state index in [0.29, 0.717) is 28.3 Å². The fraction of sp³-hybridized carbons (Fsp3) is 0.419. The van der Waals surface area contributed by atoms with Gasteiger partial charge in [-0.2, -0.15) is 0 Å². The number of rotatable bonds is 4. The van der Waals surface area contributed by atoms with Gasteiger partial charge >= 0.3 is 0 Å². The molecule has 1 aromatic carbocycles. The molecule has 0 N–H and O–H groups in total. The van der Waals surface area contributed by atoms with Crippen LogP contribution in [0.3, 0.4) is 0 Å². The summed E-state index contributed by atoms with van der Waals surface area (Å²) in [5.41, 5.74) is 10.6. The van der Waals surface area contributed by atoms with Crippen molar-refractivity contribution in [3.05, 3.63) is 106 Å². The molecule has 4 unspecified atom stereocenters. The number of hydrogen-bond donors (Lipinski definition) is 0. The number of benzene rings is 1. The molecule has 1 heteroatoms. The molecule has 0 aromatic heterocycles. The molecule has 0 heterocycles. The van der Waals surface area contributed by atoms with Crippen molar-refractivity contribution in [3.8, 4) is 0 Å². The zero-order valence-electron chi connectivity index (χ0n) is 21.2. The molecule has 32 heavy (non-hydrogen) atoms. The first-order valence-electron chi connectivity index (χ1n) is 12.2. The molecular weight excluding hydrogens is 400 g/mol. The molecule has 3 aliphatic carbocycles. The lowest BCUT2D eigenvalue weighted by molar-refractivity contribution is 0.305. The fourth-order valence-electron chi connectivity index (χ4n) is 6.14. The first kappa shape index (κ1) is 23.0. The van der Waals surface area contributed by atoms with Crippen LogP contribution in [0.1, 0.15) is 53.0 Å². The van der Waals surface area contributed by atoms with Crippen molar-refractivity contribution >= 4 is 8.07 Å². The Morgan fingerprint density at radius 1 is 0.875 bits per heavy atom. The molecule has 1 aromatic rings. The first-order chi connectivity index (χ1) is 15.0. The molecule has 3 aliphatic rings. The van der Waals surface area contributed by atoms with E-state index in [-0.39, 0.29) is 0 Å². The van der Waals surface area contributed by atoms with Gasteiger partial charge in [-0.15, -0.1) is 0 Å². The van der Waals surface area contributed by atoms with Crippen molar-refractivity contribution in [2.24, 2.45) is 11.3 Å². The average Bonchev–Trinajstić information content (AvgIpc) is 3.21. The maximum atomic E-state index is 2.65. The van der Waals surface area contributed by atoms with Gasteiger partial charge in [0.15, 0.2) is 0 Å². The van der Waals surface area contributed by atoms with Crippen LogP contribution in [0.15, 0.2) is 101 Å². The van der Waals surface area contributed by atoms with Crippen LogP contribution >= 0.6 is 0 Å². The summed E-state index contributed by atoms with van der Waals surface area (Å²) in [6.45, 7) is 19.5. The van der Waals surface area contributed by atoms with Crippen molar-refractivity contribution in [2.75, 3.05) is 0 Å². The van der Waals surface area contributed by atoms with Crippen molar-refractivity contribution in [2.45, 2.75) is 71.6 Å². The maximum absolute atomic E-state index is 2.65. The quantitative estimate of drug-likeness (QED) is 0.409. The predicted molar refractivity (Wildman–Crippen MR) is 144 cm³/mol. The summed E-state index contributed by atoms with van der Waals surface area (Å²) in [5, 5.41) is 0. The Morgan fingerprint density at radius 3 is 2.22 bits per heavy atom. The largest absolute Gasteiger partial charge is 0.0765 e. The highest BCUT2D eigenvalue weighted by molar-refractivity contribution is 6.82. The van der Waals surface area contributed by atoms with Crippen LogP contribution in [0.2, 0.25) is 24.2 Å². The topological polar surface area (TPSA) is 0 Å². The summed E-state index contributed by atoms with van der Waals surface area (Å²) in [7, 11) is -1.72. The van der Waals surface area contributed by atoms with Gasteiger partial charge in [0.1, 0.15) is 0 Å². The van der Waals surface area contributed by atoms with Gasteiger partial charge in [-0.3, -0.25) is 0 Å². The lowest BCUT2D eigenvalue weighted by Gasteiger charge is -2.38. The van der Waals surface area contributed by atoms with Crippen LogP contribution in [0.5, 0.6) is 0 Å². The summed E-state index contributed by atoms with van der Waals surface area (Å²) in [4.78, 5) is 0. The Kier molecular flexibility index (Phi) is 6.01. The van der Waals surface area contributed by atoms with Crippen LogP contribution in [0, 0.1) is 11.3 Å². The molecule has 4 atom stereocenters. The van der Waals surface area contributed by atoms with Crippen LogP contribution in [-0.2, 0) is 0 Å². The lowest BCUT2D eigenvalue weighted by atomic mass is 9.78. The van der Waals surface area contributed by atoms with E-state index in [0.717, 1.165) is 0 Å². The molecule has 0 saturated carbocycles. The minimum absolute atomic E-state index is 0.292. The molecule has 0 fully saturated rings. The van der Waals surface area contributed by atoms with Gasteiger partial charge in [0.05, 0.1) is 8.07 Å². The fourth-order valence-corrected chi connectivity index (χ4v) is 10.7. The average molecular weight is 441 g/mol. The van der Waals surface area contributed by atoms with Gasteiger partial charge in [0.2, 0.25) is 0 Å². The van der Waals surface area contributed by atoms with E-state index in [2.05, 4.69) is 128 Å². The normalized spacial score (nSPS) is 26.5. The standard InChI is InChI=1S/C31H40Si/c1-21-18-25(23(3)31(4,5)6)20-29(21)32(7,8)30-22(2)19-28-26(16-12-13-17-27(28)30)24-14-10-9-11-15-24/h9-20,23,26,29-30H,1-8H3. The van der Waals surface area contributed by atoms with Crippen molar-refractivity contribution in [3.63, 3.8) is 0 Å². The second kappa shape index (κ2) is 8.34.